The molecular formula is C9H21NO2. The summed E-state index contributed by atoms with van der Waals surface area (Å²) in [5.74, 6) is 0. The van der Waals surface area contributed by atoms with Gasteiger partial charge >= 0.3 is 0 Å². The molecule has 0 saturated carbocycles. The van der Waals surface area contributed by atoms with Crippen LogP contribution in [0.4, 0.5) is 0 Å². The van der Waals surface area contributed by atoms with E-state index in [0.29, 0.717) is 0 Å². The largest absolute Gasteiger partial charge is 0.385 e. The maximum absolute atomic E-state index is 8.75. The lowest BCUT2D eigenvalue weighted by molar-refractivity contribution is 0.167. The van der Waals surface area contributed by atoms with Crippen LogP contribution in [-0.2, 0) is 4.74 Å². The molecule has 0 fully saturated rings. The molecule has 0 aromatic rings. The van der Waals surface area contributed by atoms with Crippen LogP contribution in [-0.4, -0.2) is 25.1 Å². The van der Waals surface area contributed by atoms with E-state index < -0.39 is 6.23 Å². The predicted molar refractivity (Wildman–Crippen MR) is 49.8 cm³/mol. The summed E-state index contributed by atoms with van der Waals surface area (Å²) in [5.41, 5.74) is 5.19. The average molecular weight is 175 g/mol. The van der Waals surface area contributed by atoms with E-state index in [0.717, 1.165) is 32.3 Å². The van der Waals surface area contributed by atoms with Crippen LogP contribution in [0.15, 0.2) is 0 Å². The highest BCUT2D eigenvalue weighted by molar-refractivity contribution is 4.48. The van der Waals surface area contributed by atoms with Crippen molar-refractivity contribution in [1.29, 1.82) is 0 Å². The fourth-order valence-corrected chi connectivity index (χ4v) is 1.13. The molecule has 0 aliphatic carbocycles. The molecule has 1 unspecified atom stereocenters. The first-order valence-electron chi connectivity index (χ1n) is 4.70. The molecule has 0 aliphatic rings. The molecule has 0 amide bonds. The Morgan fingerprint density at radius 1 is 1.17 bits per heavy atom. The van der Waals surface area contributed by atoms with Gasteiger partial charge in [-0.1, -0.05) is 19.3 Å². The van der Waals surface area contributed by atoms with Crippen LogP contribution >= 0.6 is 0 Å². The molecule has 74 valence electrons. The van der Waals surface area contributed by atoms with Gasteiger partial charge in [-0.25, -0.2) is 0 Å². The van der Waals surface area contributed by atoms with Crippen molar-refractivity contribution in [2.45, 2.75) is 44.8 Å². The molecule has 3 nitrogen and oxygen atoms in total. The number of hydrogen-bond acceptors (Lipinski definition) is 3. The Bertz CT molecular complexity index is 86.6. The van der Waals surface area contributed by atoms with Crippen molar-refractivity contribution in [3.05, 3.63) is 0 Å². The summed E-state index contributed by atoms with van der Waals surface area (Å²) in [6, 6.07) is 0. The van der Waals surface area contributed by atoms with Gasteiger partial charge in [0.25, 0.3) is 0 Å². The van der Waals surface area contributed by atoms with Crippen LogP contribution in [0, 0.1) is 0 Å². The topological polar surface area (TPSA) is 55.5 Å². The third kappa shape index (κ3) is 9.88. The summed E-state index contributed by atoms with van der Waals surface area (Å²) in [6.07, 6.45) is 5.88. The van der Waals surface area contributed by atoms with Crippen LogP contribution < -0.4 is 5.73 Å². The Hall–Kier alpha value is -0.120. The molecule has 0 bridgehead atoms. The van der Waals surface area contributed by atoms with Crippen LogP contribution in [0.5, 0.6) is 0 Å². The van der Waals surface area contributed by atoms with Crippen LogP contribution in [0.2, 0.25) is 0 Å². The van der Waals surface area contributed by atoms with Gasteiger partial charge in [0, 0.05) is 13.7 Å². The normalized spacial score (nSPS) is 13.2. The van der Waals surface area contributed by atoms with E-state index in [2.05, 4.69) is 0 Å². The molecule has 0 heterocycles. The molecule has 3 N–H and O–H groups in total. The molecule has 0 aromatic carbocycles. The van der Waals surface area contributed by atoms with Crippen molar-refractivity contribution < 1.29 is 9.84 Å². The van der Waals surface area contributed by atoms with Gasteiger partial charge in [-0.15, -0.1) is 0 Å². The molecule has 0 spiro atoms. The number of aliphatic hydroxyl groups excluding tert-OH is 1. The smallest absolute Gasteiger partial charge is 0.102 e. The van der Waals surface area contributed by atoms with E-state index in [1.165, 1.54) is 12.8 Å². The summed E-state index contributed by atoms with van der Waals surface area (Å²) in [5, 5.41) is 8.75. The maximum Gasteiger partial charge on any atom is 0.102 e. The zero-order chi connectivity index (χ0) is 9.23. The Morgan fingerprint density at radius 3 is 2.33 bits per heavy atom. The van der Waals surface area contributed by atoms with E-state index >= 15 is 0 Å². The fourth-order valence-electron chi connectivity index (χ4n) is 1.13. The molecule has 12 heavy (non-hydrogen) atoms. The van der Waals surface area contributed by atoms with Gasteiger partial charge in [0.2, 0.25) is 0 Å². The summed E-state index contributed by atoms with van der Waals surface area (Å²) in [6.45, 7) is 0.861. The van der Waals surface area contributed by atoms with Gasteiger partial charge in [0.1, 0.15) is 6.23 Å². The van der Waals surface area contributed by atoms with Gasteiger partial charge in [0.15, 0.2) is 0 Å². The summed E-state index contributed by atoms with van der Waals surface area (Å²) in [7, 11) is 1.73. The Balaban J connectivity index is 2.82. The first kappa shape index (κ1) is 11.9. The zero-order valence-electron chi connectivity index (χ0n) is 7.96. The van der Waals surface area contributed by atoms with Gasteiger partial charge < -0.3 is 15.6 Å². The lowest BCUT2D eigenvalue weighted by Crippen LogP contribution is -2.17. The molecule has 0 aliphatic heterocycles. The Morgan fingerprint density at radius 2 is 1.75 bits per heavy atom. The lowest BCUT2D eigenvalue weighted by Gasteiger charge is -2.03. The van der Waals surface area contributed by atoms with Crippen LogP contribution in [0.3, 0.4) is 0 Å². The molecule has 0 rings (SSSR count). The first-order chi connectivity index (χ1) is 5.77. The van der Waals surface area contributed by atoms with Crippen molar-refractivity contribution in [2.24, 2.45) is 5.73 Å². The molecule has 3 heteroatoms. The minimum atomic E-state index is -0.621. The number of methoxy groups -OCH3 is 1. The van der Waals surface area contributed by atoms with Crippen molar-refractivity contribution in [1.82, 2.24) is 0 Å². The highest BCUT2D eigenvalue weighted by Gasteiger charge is 1.95. The second-order valence-corrected chi connectivity index (χ2v) is 3.12. The summed E-state index contributed by atoms with van der Waals surface area (Å²) >= 11 is 0. The molecule has 1 atom stereocenters. The van der Waals surface area contributed by atoms with Gasteiger partial charge in [-0.05, 0) is 19.3 Å². The molecule has 0 radical (unpaired) electrons. The van der Waals surface area contributed by atoms with E-state index in [1.807, 2.05) is 0 Å². The summed E-state index contributed by atoms with van der Waals surface area (Å²) < 4.78 is 4.93. The van der Waals surface area contributed by atoms with Crippen molar-refractivity contribution in [2.75, 3.05) is 13.7 Å². The SMILES string of the molecule is COCCCCCCCC(N)O. The van der Waals surface area contributed by atoms with Crippen molar-refractivity contribution in [3.63, 3.8) is 0 Å². The summed E-state index contributed by atoms with van der Waals surface area (Å²) in [4.78, 5) is 0. The van der Waals surface area contributed by atoms with Crippen LogP contribution in [0.25, 0.3) is 0 Å². The standard InChI is InChI=1S/C9H21NO2/c1-12-8-6-4-2-3-5-7-9(10)11/h9,11H,2-8,10H2,1H3. The fraction of sp³-hybridized carbons (Fsp3) is 1.00. The number of unbranched alkanes of at least 4 members (excludes halogenated alkanes) is 4. The van der Waals surface area contributed by atoms with E-state index in [9.17, 15) is 0 Å². The number of hydrogen-bond donors (Lipinski definition) is 2. The van der Waals surface area contributed by atoms with Gasteiger partial charge in [-0.3, -0.25) is 0 Å². The lowest BCUT2D eigenvalue weighted by atomic mass is 10.1. The van der Waals surface area contributed by atoms with E-state index in [1.54, 1.807) is 7.11 Å². The number of aliphatic hydroxyl groups is 1. The highest BCUT2D eigenvalue weighted by Crippen LogP contribution is 2.05. The number of rotatable bonds is 8. The Kier molecular flexibility index (Phi) is 8.88. The van der Waals surface area contributed by atoms with Crippen LogP contribution in [0.1, 0.15) is 38.5 Å². The molecule has 0 aromatic heterocycles. The van der Waals surface area contributed by atoms with E-state index in [4.69, 9.17) is 15.6 Å². The quantitative estimate of drug-likeness (QED) is 0.431. The Labute approximate surface area is 74.9 Å². The first-order valence-corrected chi connectivity index (χ1v) is 4.70. The number of nitrogens with two attached hydrogens (primary N) is 1. The minimum Gasteiger partial charge on any atom is -0.385 e. The van der Waals surface area contributed by atoms with E-state index in [-0.39, 0.29) is 0 Å². The average Bonchev–Trinajstić information content (AvgIpc) is 2.02. The maximum atomic E-state index is 8.75. The number of ether oxygens (including phenoxy) is 1. The predicted octanol–water partition coefficient (Wildman–Crippen LogP) is 1.25. The zero-order valence-corrected chi connectivity index (χ0v) is 7.96. The minimum absolute atomic E-state index is 0.621. The third-order valence-corrected chi connectivity index (χ3v) is 1.85. The van der Waals surface area contributed by atoms with Crippen molar-refractivity contribution in [3.8, 4) is 0 Å². The highest BCUT2D eigenvalue weighted by atomic mass is 16.5. The van der Waals surface area contributed by atoms with Crippen molar-refractivity contribution >= 4 is 0 Å². The molecule has 0 saturated heterocycles. The second kappa shape index (κ2) is 8.97. The third-order valence-electron chi connectivity index (χ3n) is 1.85. The second-order valence-electron chi connectivity index (χ2n) is 3.12. The monoisotopic (exact) mass is 175 g/mol. The molecular weight excluding hydrogens is 154 g/mol. The van der Waals surface area contributed by atoms with Gasteiger partial charge in [0.05, 0.1) is 0 Å². The van der Waals surface area contributed by atoms with Gasteiger partial charge in [-0.2, -0.15) is 0 Å².